The third-order valence-electron chi connectivity index (χ3n) is 5.37. The molecule has 0 aromatic carbocycles. The second-order valence-corrected chi connectivity index (χ2v) is 8.08. The van der Waals surface area contributed by atoms with Crippen molar-refractivity contribution in [2.24, 2.45) is 5.92 Å². The summed E-state index contributed by atoms with van der Waals surface area (Å²) in [4.78, 5) is 28.9. The lowest BCUT2D eigenvalue weighted by molar-refractivity contribution is -0.384. The van der Waals surface area contributed by atoms with Crippen molar-refractivity contribution in [3.63, 3.8) is 0 Å². The Hall–Kier alpha value is -2.22. The number of carbonyl (C=O) groups is 1. The van der Waals surface area contributed by atoms with Crippen molar-refractivity contribution >= 4 is 17.5 Å². The standard InChI is InChI=1S/C20H31N3O5/c1-13(2)12-22(16-5-7-17(28-4)8-6-16)20-18(23(26)27)10-15(11-21-20)14(3)9-19(24)25/h10-11,13-14,16-17H,5-9,12H2,1-4H3,(H,24,25). The second-order valence-electron chi connectivity index (χ2n) is 8.08. The lowest BCUT2D eigenvalue weighted by atomic mass is 9.91. The van der Waals surface area contributed by atoms with E-state index in [1.165, 1.54) is 6.07 Å². The normalized spacial score (nSPS) is 20.8. The molecule has 28 heavy (non-hydrogen) atoms. The molecular weight excluding hydrogens is 362 g/mol. The SMILES string of the molecule is COC1CCC(N(CC(C)C)c2ncc(C(C)CC(=O)O)cc2[N+](=O)[O-])CC1. The molecule has 0 amide bonds. The molecule has 0 radical (unpaired) electrons. The molecule has 1 fully saturated rings. The highest BCUT2D eigenvalue weighted by Crippen LogP contribution is 2.35. The molecule has 1 aliphatic carbocycles. The van der Waals surface area contributed by atoms with Gasteiger partial charge in [-0.25, -0.2) is 4.98 Å². The smallest absolute Gasteiger partial charge is 0.311 e. The fourth-order valence-electron chi connectivity index (χ4n) is 3.86. The summed E-state index contributed by atoms with van der Waals surface area (Å²) >= 11 is 0. The average molecular weight is 393 g/mol. The van der Waals surface area contributed by atoms with Crippen molar-refractivity contribution in [1.82, 2.24) is 4.98 Å². The Morgan fingerprint density at radius 2 is 2.00 bits per heavy atom. The molecule has 1 unspecified atom stereocenters. The summed E-state index contributed by atoms with van der Waals surface area (Å²) in [5, 5.41) is 20.8. The lowest BCUT2D eigenvalue weighted by Gasteiger charge is -2.38. The van der Waals surface area contributed by atoms with E-state index in [2.05, 4.69) is 23.7 Å². The fourth-order valence-corrected chi connectivity index (χ4v) is 3.86. The summed E-state index contributed by atoms with van der Waals surface area (Å²) in [7, 11) is 1.72. The van der Waals surface area contributed by atoms with Crippen LogP contribution in [0.25, 0.3) is 0 Å². The summed E-state index contributed by atoms with van der Waals surface area (Å²) in [5.74, 6) is -0.568. The first-order valence-electron chi connectivity index (χ1n) is 9.88. The molecule has 2 rings (SSSR count). The zero-order chi connectivity index (χ0) is 20.8. The third-order valence-corrected chi connectivity index (χ3v) is 5.37. The predicted octanol–water partition coefficient (Wildman–Crippen LogP) is 3.99. The van der Waals surface area contributed by atoms with Crippen molar-refractivity contribution in [1.29, 1.82) is 0 Å². The molecule has 8 heteroatoms. The monoisotopic (exact) mass is 393 g/mol. The highest BCUT2D eigenvalue weighted by atomic mass is 16.6. The molecule has 1 aromatic heterocycles. The molecule has 1 aromatic rings. The van der Waals surface area contributed by atoms with Crippen LogP contribution in [0.4, 0.5) is 11.5 Å². The molecule has 0 bridgehead atoms. The van der Waals surface area contributed by atoms with E-state index in [-0.39, 0.29) is 30.2 Å². The van der Waals surface area contributed by atoms with E-state index in [0.29, 0.717) is 23.8 Å². The highest BCUT2D eigenvalue weighted by Gasteiger charge is 2.32. The third kappa shape index (κ3) is 5.64. The number of hydrogen-bond acceptors (Lipinski definition) is 6. The van der Waals surface area contributed by atoms with Gasteiger partial charge in [0.2, 0.25) is 5.82 Å². The topological polar surface area (TPSA) is 106 Å². The number of anilines is 1. The van der Waals surface area contributed by atoms with Gasteiger partial charge < -0.3 is 14.7 Å². The molecule has 1 N–H and O–H groups in total. The molecule has 0 saturated heterocycles. The number of ether oxygens (including phenoxy) is 1. The Balaban J connectivity index is 2.36. The summed E-state index contributed by atoms with van der Waals surface area (Å²) in [6.45, 7) is 6.60. The van der Waals surface area contributed by atoms with E-state index in [1.807, 2.05) is 0 Å². The number of nitro groups is 1. The number of aromatic nitrogens is 1. The van der Waals surface area contributed by atoms with Gasteiger partial charge in [-0.15, -0.1) is 0 Å². The number of carboxylic acid groups (broad SMARTS) is 1. The maximum Gasteiger partial charge on any atom is 0.311 e. The lowest BCUT2D eigenvalue weighted by Crippen LogP contribution is -2.42. The van der Waals surface area contributed by atoms with E-state index in [9.17, 15) is 14.9 Å². The zero-order valence-corrected chi connectivity index (χ0v) is 17.1. The Morgan fingerprint density at radius 3 is 2.50 bits per heavy atom. The summed E-state index contributed by atoms with van der Waals surface area (Å²) in [6, 6.07) is 1.67. The first-order valence-corrected chi connectivity index (χ1v) is 9.88. The number of methoxy groups -OCH3 is 1. The number of hydrogen-bond donors (Lipinski definition) is 1. The van der Waals surface area contributed by atoms with Crippen molar-refractivity contribution in [2.45, 2.75) is 70.9 Å². The van der Waals surface area contributed by atoms with Crippen molar-refractivity contribution in [2.75, 3.05) is 18.6 Å². The summed E-state index contributed by atoms with van der Waals surface area (Å²) < 4.78 is 5.45. The van der Waals surface area contributed by atoms with Gasteiger partial charge in [-0.3, -0.25) is 14.9 Å². The second kappa shape index (κ2) is 9.82. The summed E-state index contributed by atoms with van der Waals surface area (Å²) in [5.41, 5.74) is 0.523. The maximum absolute atomic E-state index is 11.8. The van der Waals surface area contributed by atoms with E-state index in [0.717, 1.165) is 25.7 Å². The van der Waals surface area contributed by atoms with Gasteiger partial charge >= 0.3 is 11.7 Å². The van der Waals surface area contributed by atoms with Crippen molar-refractivity contribution in [3.8, 4) is 0 Å². The largest absolute Gasteiger partial charge is 0.481 e. The van der Waals surface area contributed by atoms with Crippen LogP contribution >= 0.6 is 0 Å². The van der Waals surface area contributed by atoms with E-state index in [4.69, 9.17) is 9.84 Å². The Morgan fingerprint density at radius 1 is 1.36 bits per heavy atom. The van der Waals surface area contributed by atoms with Crippen LogP contribution in [0.15, 0.2) is 12.3 Å². The first-order chi connectivity index (χ1) is 13.2. The highest BCUT2D eigenvalue weighted by molar-refractivity contribution is 5.68. The van der Waals surface area contributed by atoms with Crippen LogP contribution in [0, 0.1) is 16.0 Å². The number of nitrogens with zero attached hydrogens (tertiary/aromatic N) is 3. The first kappa shape index (κ1) is 22.1. The van der Waals surface area contributed by atoms with E-state index >= 15 is 0 Å². The van der Waals surface area contributed by atoms with Crippen LogP contribution in [0.5, 0.6) is 0 Å². The van der Waals surface area contributed by atoms with Gasteiger partial charge in [-0.2, -0.15) is 0 Å². The number of carboxylic acids is 1. The summed E-state index contributed by atoms with van der Waals surface area (Å²) in [6.07, 6.45) is 5.41. The molecule has 1 saturated carbocycles. The minimum absolute atomic E-state index is 0.0516. The van der Waals surface area contributed by atoms with Gasteiger partial charge in [0, 0.05) is 32.0 Å². The molecule has 156 valence electrons. The van der Waals surface area contributed by atoms with Crippen molar-refractivity contribution < 1.29 is 19.6 Å². The molecule has 1 atom stereocenters. The molecular formula is C20H31N3O5. The van der Waals surface area contributed by atoms with Gasteiger partial charge in [0.15, 0.2) is 0 Å². The minimum Gasteiger partial charge on any atom is -0.481 e. The van der Waals surface area contributed by atoms with Crippen LogP contribution in [0.3, 0.4) is 0 Å². The number of aliphatic carboxylic acids is 1. The Bertz CT molecular complexity index is 686. The van der Waals surface area contributed by atoms with E-state index in [1.54, 1.807) is 20.2 Å². The number of pyridine rings is 1. The van der Waals surface area contributed by atoms with Gasteiger partial charge in [-0.05, 0) is 43.1 Å². The molecule has 1 heterocycles. The van der Waals surface area contributed by atoms with E-state index < -0.39 is 10.9 Å². The quantitative estimate of drug-likeness (QED) is 0.499. The zero-order valence-electron chi connectivity index (χ0n) is 17.1. The maximum atomic E-state index is 11.8. The molecule has 1 aliphatic rings. The van der Waals surface area contributed by atoms with Gasteiger partial charge in [-0.1, -0.05) is 20.8 Å². The average Bonchev–Trinajstić information content (AvgIpc) is 2.65. The fraction of sp³-hybridized carbons (Fsp3) is 0.700. The molecule has 8 nitrogen and oxygen atoms in total. The van der Waals surface area contributed by atoms with Gasteiger partial charge in [0.1, 0.15) is 0 Å². The Labute approximate surface area is 166 Å². The minimum atomic E-state index is -0.935. The van der Waals surface area contributed by atoms with Crippen LogP contribution in [-0.4, -0.2) is 46.8 Å². The van der Waals surface area contributed by atoms with Crippen LogP contribution < -0.4 is 4.90 Å². The predicted molar refractivity (Wildman–Crippen MR) is 107 cm³/mol. The molecule has 0 spiro atoms. The van der Waals surface area contributed by atoms with Gasteiger partial charge in [0.25, 0.3) is 0 Å². The number of rotatable bonds is 9. The Kier molecular flexibility index (Phi) is 7.74. The molecule has 0 aliphatic heterocycles. The van der Waals surface area contributed by atoms with Crippen molar-refractivity contribution in [3.05, 3.63) is 27.9 Å². The van der Waals surface area contributed by atoms with Crippen LogP contribution in [0.1, 0.15) is 64.4 Å². The van der Waals surface area contributed by atoms with Crippen LogP contribution in [0.2, 0.25) is 0 Å². The van der Waals surface area contributed by atoms with Crippen LogP contribution in [-0.2, 0) is 9.53 Å². The van der Waals surface area contributed by atoms with Gasteiger partial charge in [0.05, 0.1) is 17.4 Å².